The Balaban J connectivity index is 2.33. The topological polar surface area (TPSA) is 104 Å². The number of methoxy groups -OCH3 is 2. The summed E-state index contributed by atoms with van der Waals surface area (Å²) in [5.41, 5.74) is 2.72. The highest BCUT2D eigenvalue weighted by Gasteiger charge is 2.99. The Kier molecular flexibility index (Phi) is 2.87. The first-order valence-corrected chi connectivity index (χ1v) is 6.92. The molecule has 0 saturated heterocycles. The van der Waals surface area contributed by atoms with Crippen molar-refractivity contribution >= 4 is 5.84 Å². The van der Waals surface area contributed by atoms with Crippen LogP contribution in [0.1, 0.15) is 12.5 Å². The molecule has 7 heteroatoms. The average Bonchev–Trinajstić information content (AvgIpc) is 2.97. The van der Waals surface area contributed by atoms with Gasteiger partial charge in [0.15, 0.2) is 10.8 Å². The number of hydrogen-bond donors (Lipinski definition) is 1. The highest BCUT2D eigenvalue weighted by molar-refractivity contribution is 6.02. The Morgan fingerprint density at radius 3 is 2.13 bits per heavy atom. The summed E-state index contributed by atoms with van der Waals surface area (Å²) < 4.78 is 24.1. The minimum Gasteiger partial charge on any atom is -0.386 e. The molecule has 1 fully saturated rings. The molecule has 3 rings (SSSR count). The van der Waals surface area contributed by atoms with Crippen LogP contribution in [0.25, 0.3) is 0 Å². The second-order valence-electron chi connectivity index (χ2n) is 5.84. The second-order valence-corrected chi connectivity index (χ2v) is 5.84. The van der Waals surface area contributed by atoms with Crippen molar-refractivity contribution in [1.82, 2.24) is 0 Å². The predicted octanol–water partition coefficient (Wildman–Crippen LogP) is 1.43. The van der Waals surface area contributed by atoms with Gasteiger partial charge in [0.25, 0.3) is 5.91 Å². The normalized spacial score (nSPS) is 36.5. The van der Waals surface area contributed by atoms with Crippen molar-refractivity contribution in [2.24, 2.45) is 21.6 Å². The molecule has 118 valence electrons. The fraction of sp³-hybridized carbons (Fsp3) is 0.438. The summed E-state index contributed by atoms with van der Waals surface area (Å²) in [5, 5.41) is 19.8. The van der Waals surface area contributed by atoms with E-state index in [1.165, 1.54) is 38.5 Å². The maximum Gasteiger partial charge on any atom is 0.293 e. The van der Waals surface area contributed by atoms with Crippen molar-refractivity contribution in [3.63, 3.8) is 0 Å². The van der Waals surface area contributed by atoms with Crippen molar-refractivity contribution in [3.05, 3.63) is 35.6 Å². The number of hydrogen-bond acceptors (Lipinski definition) is 6. The van der Waals surface area contributed by atoms with Crippen LogP contribution in [0, 0.1) is 39.3 Å². The van der Waals surface area contributed by atoms with Crippen LogP contribution in [0.5, 0.6) is 0 Å². The number of benzene rings is 1. The largest absolute Gasteiger partial charge is 0.386 e. The molecule has 23 heavy (non-hydrogen) atoms. The van der Waals surface area contributed by atoms with Crippen molar-refractivity contribution in [2.45, 2.75) is 18.2 Å². The molecular weight excluding hydrogens is 299 g/mol. The molecule has 1 saturated carbocycles. The van der Waals surface area contributed by atoms with Crippen LogP contribution in [0.15, 0.2) is 29.3 Å². The number of aliphatic imine (C=N–C) groups is 1. The van der Waals surface area contributed by atoms with E-state index in [0.29, 0.717) is 5.56 Å². The SMILES string of the molecule is COC1(OC)N=C(N)[C@@]2(C#N)[C@@](C)(c3ccc(F)cc3)[C@@]12C#N. The molecule has 3 atom stereocenters. The van der Waals surface area contributed by atoms with E-state index in [2.05, 4.69) is 17.1 Å². The smallest absolute Gasteiger partial charge is 0.293 e. The van der Waals surface area contributed by atoms with Crippen LogP contribution < -0.4 is 5.73 Å². The highest BCUT2D eigenvalue weighted by Crippen LogP contribution is 2.85. The van der Waals surface area contributed by atoms with E-state index < -0.39 is 28.0 Å². The molecule has 0 radical (unpaired) electrons. The zero-order chi connectivity index (χ0) is 17.1. The summed E-state index contributed by atoms with van der Waals surface area (Å²) in [6, 6.07) is 9.95. The first kappa shape index (κ1) is 15.4. The number of nitriles is 2. The zero-order valence-electron chi connectivity index (χ0n) is 12.9. The van der Waals surface area contributed by atoms with Gasteiger partial charge in [0.05, 0.1) is 12.1 Å². The quantitative estimate of drug-likeness (QED) is 0.850. The van der Waals surface area contributed by atoms with Crippen LogP contribution in [0.3, 0.4) is 0 Å². The summed E-state index contributed by atoms with van der Waals surface area (Å²) in [7, 11) is 2.69. The van der Waals surface area contributed by atoms with Gasteiger partial charge in [0, 0.05) is 19.6 Å². The first-order chi connectivity index (χ1) is 10.9. The second kappa shape index (κ2) is 4.29. The molecule has 0 bridgehead atoms. The minimum atomic E-state index is -1.69. The van der Waals surface area contributed by atoms with Gasteiger partial charge in [-0.3, -0.25) is 0 Å². The summed E-state index contributed by atoms with van der Waals surface area (Å²) in [4.78, 5) is 4.14. The predicted molar refractivity (Wildman–Crippen MR) is 78.2 cm³/mol. The van der Waals surface area contributed by atoms with E-state index >= 15 is 0 Å². The number of ether oxygens (including phenoxy) is 2. The number of rotatable bonds is 3. The molecule has 1 aliphatic heterocycles. The Bertz CT molecular complexity index is 790. The van der Waals surface area contributed by atoms with Crippen molar-refractivity contribution in [1.29, 1.82) is 10.5 Å². The third-order valence-corrected chi connectivity index (χ3v) is 5.44. The van der Waals surface area contributed by atoms with Crippen molar-refractivity contribution < 1.29 is 13.9 Å². The van der Waals surface area contributed by atoms with Crippen LogP contribution in [-0.2, 0) is 14.9 Å². The van der Waals surface area contributed by atoms with Gasteiger partial charge in [0.2, 0.25) is 0 Å². The summed E-state index contributed by atoms with van der Waals surface area (Å²) in [5.74, 6) is -2.12. The summed E-state index contributed by atoms with van der Waals surface area (Å²) in [6.45, 7) is 1.72. The number of fused-ring (bicyclic) bond motifs is 1. The van der Waals surface area contributed by atoms with Crippen molar-refractivity contribution in [3.8, 4) is 12.1 Å². The Labute approximate surface area is 132 Å². The molecule has 0 spiro atoms. The van der Waals surface area contributed by atoms with E-state index in [0.717, 1.165) is 0 Å². The van der Waals surface area contributed by atoms with Crippen LogP contribution >= 0.6 is 0 Å². The van der Waals surface area contributed by atoms with Gasteiger partial charge in [-0.15, -0.1) is 0 Å². The van der Waals surface area contributed by atoms with Gasteiger partial charge in [-0.2, -0.15) is 10.5 Å². The fourth-order valence-electron chi connectivity index (χ4n) is 4.26. The monoisotopic (exact) mass is 314 g/mol. The molecule has 0 aromatic heterocycles. The van der Waals surface area contributed by atoms with Gasteiger partial charge in [-0.25, -0.2) is 9.38 Å². The lowest BCUT2D eigenvalue weighted by Crippen LogP contribution is -2.44. The lowest BCUT2D eigenvalue weighted by molar-refractivity contribution is -0.233. The van der Waals surface area contributed by atoms with Gasteiger partial charge in [0.1, 0.15) is 11.7 Å². The van der Waals surface area contributed by atoms with E-state index in [1.54, 1.807) is 6.92 Å². The van der Waals surface area contributed by atoms with E-state index in [9.17, 15) is 14.9 Å². The van der Waals surface area contributed by atoms with Crippen LogP contribution in [0.2, 0.25) is 0 Å². The molecule has 1 heterocycles. The molecule has 6 nitrogen and oxygen atoms in total. The third-order valence-electron chi connectivity index (χ3n) is 5.44. The Hall–Kier alpha value is -2.48. The van der Waals surface area contributed by atoms with Crippen LogP contribution in [-0.4, -0.2) is 26.0 Å². The average molecular weight is 314 g/mol. The molecule has 0 unspecified atom stereocenters. The van der Waals surface area contributed by atoms with Gasteiger partial charge < -0.3 is 15.2 Å². The molecule has 1 aromatic rings. The Morgan fingerprint density at radius 1 is 1.13 bits per heavy atom. The van der Waals surface area contributed by atoms with E-state index in [4.69, 9.17) is 15.2 Å². The molecular formula is C16H15FN4O2. The maximum absolute atomic E-state index is 13.3. The van der Waals surface area contributed by atoms with E-state index in [1.807, 2.05) is 0 Å². The maximum atomic E-state index is 13.3. The molecule has 0 amide bonds. The number of nitrogens with two attached hydrogens (primary N) is 1. The Morgan fingerprint density at radius 2 is 1.70 bits per heavy atom. The molecule has 2 aliphatic rings. The minimum absolute atomic E-state index is 0.0166. The number of amidine groups is 1. The fourth-order valence-corrected chi connectivity index (χ4v) is 4.26. The third kappa shape index (κ3) is 1.20. The van der Waals surface area contributed by atoms with Gasteiger partial charge >= 0.3 is 0 Å². The lowest BCUT2D eigenvalue weighted by Gasteiger charge is -2.32. The van der Waals surface area contributed by atoms with Gasteiger partial charge in [-0.05, 0) is 17.7 Å². The summed E-state index contributed by atoms with van der Waals surface area (Å²) >= 11 is 0. The summed E-state index contributed by atoms with van der Waals surface area (Å²) in [6.07, 6.45) is 0. The molecule has 1 aliphatic carbocycles. The molecule has 2 N–H and O–H groups in total. The first-order valence-electron chi connectivity index (χ1n) is 6.92. The lowest BCUT2D eigenvalue weighted by atomic mass is 9.84. The standard InChI is InChI=1S/C16H15FN4O2/c1-13(10-4-6-11(17)7-5-10)14(8-18)12(20)21-16(22-2,23-3)15(13,14)9-19/h4-7H,1-3H3,(H2,20,21)/t13-,14+,15-/m1/s1. The molecule has 1 aromatic carbocycles. The zero-order valence-corrected chi connectivity index (χ0v) is 12.9. The van der Waals surface area contributed by atoms with E-state index in [-0.39, 0.29) is 5.84 Å². The number of halogens is 1. The van der Waals surface area contributed by atoms with Gasteiger partial charge in [-0.1, -0.05) is 19.1 Å². The van der Waals surface area contributed by atoms with Crippen LogP contribution in [0.4, 0.5) is 4.39 Å². The number of nitrogens with zero attached hydrogens (tertiary/aromatic N) is 3. The van der Waals surface area contributed by atoms with Crippen molar-refractivity contribution in [2.75, 3.05) is 14.2 Å². The highest BCUT2D eigenvalue weighted by atomic mass is 19.1.